The zero-order valence-electron chi connectivity index (χ0n) is 11.0. The molecule has 3 aromatic rings. The molecule has 3 heteroatoms. The standard InChI is InChI=1S/C17H13NO2/c1-12(19)13-7-9-15(10-8-13)20-16-6-2-4-14-5-3-11-18-17(14)16/h2-11H,1H3. The second kappa shape index (κ2) is 5.13. The van der Waals surface area contributed by atoms with E-state index in [1.165, 1.54) is 0 Å². The van der Waals surface area contributed by atoms with E-state index in [1.807, 2.05) is 30.3 Å². The lowest BCUT2D eigenvalue weighted by atomic mass is 10.1. The van der Waals surface area contributed by atoms with Crippen LogP contribution in [0.15, 0.2) is 60.8 Å². The molecule has 20 heavy (non-hydrogen) atoms. The molecule has 0 aliphatic rings. The minimum atomic E-state index is 0.0448. The van der Waals surface area contributed by atoms with Crippen LogP contribution in [-0.2, 0) is 0 Å². The Morgan fingerprint density at radius 3 is 2.50 bits per heavy atom. The molecule has 98 valence electrons. The minimum absolute atomic E-state index is 0.0448. The highest BCUT2D eigenvalue weighted by atomic mass is 16.5. The Morgan fingerprint density at radius 1 is 1.00 bits per heavy atom. The van der Waals surface area contributed by atoms with E-state index < -0.39 is 0 Å². The third-order valence-electron chi connectivity index (χ3n) is 3.08. The summed E-state index contributed by atoms with van der Waals surface area (Å²) in [6.07, 6.45) is 1.74. The van der Waals surface area contributed by atoms with E-state index in [2.05, 4.69) is 4.98 Å². The largest absolute Gasteiger partial charge is 0.455 e. The van der Waals surface area contributed by atoms with Crippen LogP contribution in [-0.4, -0.2) is 10.8 Å². The minimum Gasteiger partial charge on any atom is -0.455 e. The molecule has 0 aliphatic heterocycles. The Kier molecular flexibility index (Phi) is 3.17. The Hall–Kier alpha value is -2.68. The quantitative estimate of drug-likeness (QED) is 0.664. The summed E-state index contributed by atoms with van der Waals surface area (Å²) in [5.74, 6) is 1.44. The van der Waals surface area contributed by atoms with Gasteiger partial charge in [0, 0.05) is 17.1 Å². The van der Waals surface area contributed by atoms with Crippen molar-refractivity contribution in [3.8, 4) is 11.5 Å². The van der Waals surface area contributed by atoms with Gasteiger partial charge in [0.25, 0.3) is 0 Å². The van der Waals surface area contributed by atoms with Gasteiger partial charge < -0.3 is 4.74 Å². The van der Waals surface area contributed by atoms with Crippen molar-refractivity contribution in [2.24, 2.45) is 0 Å². The van der Waals surface area contributed by atoms with Crippen molar-refractivity contribution in [2.75, 3.05) is 0 Å². The highest BCUT2D eigenvalue weighted by Crippen LogP contribution is 2.28. The molecule has 0 N–H and O–H groups in total. The fourth-order valence-electron chi connectivity index (χ4n) is 2.04. The maximum atomic E-state index is 11.2. The summed E-state index contributed by atoms with van der Waals surface area (Å²) in [6.45, 7) is 1.55. The van der Waals surface area contributed by atoms with Crippen LogP contribution in [0.3, 0.4) is 0 Å². The SMILES string of the molecule is CC(=O)c1ccc(Oc2cccc3cccnc23)cc1. The fraction of sp³-hybridized carbons (Fsp3) is 0.0588. The second-order valence-corrected chi connectivity index (χ2v) is 4.51. The fourth-order valence-corrected chi connectivity index (χ4v) is 2.04. The monoisotopic (exact) mass is 263 g/mol. The Labute approximate surface area is 116 Å². The summed E-state index contributed by atoms with van der Waals surface area (Å²) in [7, 11) is 0. The molecule has 1 aromatic heterocycles. The maximum Gasteiger partial charge on any atom is 0.159 e. The molecule has 2 aromatic carbocycles. The number of ketones is 1. The van der Waals surface area contributed by atoms with Gasteiger partial charge in [0.05, 0.1) is 0 Å². The Balaban J connectivity index is 1.95. The number of nitrogens with zero attached hydrogens (tertiary/aromatic N) is 1. The van der Waals surface area contributed by atoms with Crippen LogP contribution >= 0.6 is 0 Å². The molecule has 0 atom stereocenters. The average molecular weight is 263 g/mol. The summed E-state index contributed by atoms with van der Waals surface area (Å²) in [6, 6.07) is 16.8. The predicted molar refractivity (Wildman–Crippen MR) is 78.3 cm³/mol. The van der Waals surface area contributed by atoms with Crippen molar-refractivity contribution in [3.05, 3.63) is 66.4 Å². The molecule has 0 unspecified atom stereocenters. The molecule has 0 saturated carbocycles. The van der Waals surface area contributed by atoms with Gasteiger partial charge in [-0.25, -0.2) is 0 Å². The lowest BCUT2D eigenvalue weighted by Gasteiger charge is -2.08. The van der Waals surface area contributed by atoms with E-state index in [9.17, 15) is 4.79 Å². The molecular formula is C17H13NO2. The molecule has 1 heterocycles. The molecular weight excluding hydrogens is 250 g/mol. The van der Waals surface area contributed by atoms with Crippen molar-refractivity contribution >= 4 is 16.7 Å². The smallest absolute Gasteiger partial charge is 0.159 e. The summed E-state index contributed by atoms with van der Waals surface area (Å²) in [5, 5.41) is 1.03. The molecule has 0 aliphatic carbocycles. The first-order valence-electron chi connectivity index (χ1n) is 6.36. The van der Waals surface area contributed by atoms with E-state index in [4.69, 9.17) is 4.74 Å². The summed E-state index contributed by atoms with van der Waals surface area (Å²) in [4.78, 5) is 15.6. The van der Waals surface area contributed by atoms with Crippen molar-refractivity contribution in [1.29, 1.82) is 0 Å². The highest BCUT2D eigenvalue weighted by molar-refractivity contribution is 5.94. The number of fused-ring (bicyclic) bond motifs is 1. The number of benzene rings is 2. The van der Waals surface area contributed by atoms with Gasteiger partial charge in [0.2, 0.25) is 0 Å². The number of Topliss-reactive ketones (excluding diaryl/α,β-unsaturated/α-hetero) is 1. The third kappa shape index (κ3) is 2.38. The number of carbonyl (C=O) groups is 1. The number of pyridine rings is 1. The van der Waals surface area contributed by atoms with E-state index in [0.29, 0.717) is 17.1 Å². The van der Waals surface area contributed by atoms with Gasteiger partial charge in [-0.15, -0.1) is 0 Å². The normalized spacial score (nSPS) is 10.4. The molecule has 0 saturated heterocycles. The lowest BCUT2D eigenvalue weighted by Crippen LogP contribution is -1.92. The lowest BCUT2D eigenvalue weighted by molar-refractivity contribution is 0.101. The molecule has 3 rings (SSSR count). The predicted octanol–water partition coefficient (Wildman–Crippen LogP) is 4.23. The van der Waals surface area contributed by atoms with Gasteiger partial charge in [-0.05, 0) is 43.3 Å². The summed E-state index contributed by atoms with van der Waals surface area (Å²) < 4.78 is 5.85. The molecule has 0 amide bonds. The van der Waals surface area contributed by atoms with Crippen LogP contribution < -0.4 is 4.74 Å². The van der Waals surface area contributed by atoms with Gasteiger partial charge >= 0.3 is 0 Å². The van der Waals surface area contributed by atoms with Crippen molar-refractivity contribution < 1.29 is 9.53 Å². The van der Waals surface area contributed by atoms with Gasteiger partial charge in [-0.1, -0.05) is 18.2 Å². The van der Waals surface area contributed by atoms with Gasteiger partial charge in [-0.3, -0.25) is 9.78 Å². The average Bonchev–Trinajstić information content (AvgIpc) is 2.48. The number of hydrogen-bond acceptors (Lipinski definition) is 3. The van der Waals surface area contributed by atoms with Crippen molar-refractivity contribution in [2.45, 2.75) is 6.92 Å². The van der Waals surface area contributed by atoms with Crippen LogP contribution in [0.25, 0.3) is 10.9 Å². The van der Waals surface area contributed by atoms with Gasteiger partial charge in [0.15, 0.2) is 11.5 Å². The van der Waals surface area contributed by atoms with E-state index in [0.717, 1.165) is 10.9 Å². The van der Waals surface area contributed by atoms with E-state index in [1.54, 1.807) is 37.4 Å². The van der Waals surface area contributed by atoms with E-state index in [-0.39, 0.29) is 5.78 Å². The Bertz CT molecular complexity index is 758. The number of hydrogen-bond donors (Lipinski definition) is 0. The second-order valence-electron chi connectivity index (χ2n) is 4.51. The zero-order chi connectivity index (χ0) is 13.9. The highest BCUT2D eigenvalue weighted by Gasteiger charge is 2.05. The third-order valence-corrected chi connectivity index (χ3v) is 3.08. The molecule has 0 bridgehead atoms. The number of para-hydroxylation sites is 1. The molecule has 0 spiro atoms. The number of rotatable bonds is 3. The van der Waals surface area contributed by atoms with Crippen molar-refractivity contribution in [3.63, 3.8) is 0 Å². The van der Waals surface area contributed by atoms with Crippen LogP contribution in [0.5, 0.6) is 11.5 Å². The van der Waals surface area contributed by atoms with Gasteiger partial charge in [-0.2, -0.15) is 0 Å². The van der Waals surface area contributed by atoms with Crippen LogP contribution in [0.4, 0.5) is 0 Å². The summed E-state index contributed by atoms with van der Waals surface area (Å²) in [5.41, 5.74) is 1.50. The number of carbonyl (C=O) groups excluding carboxylic acids is 1. The first-order chi connectivity index (χ1) is 9.74. The van der Waals surface area contributed by atoms with Gasteiger partial charge in [0.1, 0.15) is 11.3 Å². The molecule has 0 fully saturated rings. The van der Waals surface area contributed by atoms with Crippen LogP contribution in [0.1, 0.15) is 17.3 Å². The summed E-state index contributed by atoms with van der Waals surface area (Å²) >= 11 is 0. The topological polar surface area (TPSA) is 39.2 Å². The zero-order valence-corrected chi connectivity index (χ0v) is 11.0. The molecule has 3 nitrogen and oxygen atoms in total. The van der Waals surface area contributed by atoms with Crippen molar-refractivity contribution in [1.82, 2.24) is 4.98 Å². The van der Waals surface area contributed by atoms with Crippen LogP contribution in [0, 0.1) is 0 Å². The van der Waals surface area contributed by atoms with Crippen LogP contribution in [0.2, 0.25) is 0 Å². The van der Waals surface area contributed by atoms with E-state index >= 15 is 0 Å². The number of aromatic nitrogens is 1. The number of ether oxygens (including phenoxy) is 1. The first kappa shape index (κ1) is 12.4. The first-order valence-corrected chi connectivity index (χ1v) is 6.36. The molecule has 0 radical (unpaired) electrons. The maximum absolute atomic E-state index is 11.2. The Morgan fingerprint density at radius 2 is 1.75 bits per heavy atom.